The zero-order valence-corrected chi connectivity index (χ0v) is 20.1. The average Bonchev–Trinajstić information content (AvgIpc) is 2.66. The van der Waals surface area contributed by atoms with Gasteiger partial charge in [0.1, 0.15) is 0 Å². The summed E-state index contributed by atoms with van der Waals surface area (Å²) in [7, 11) is 0. The zero-order valence-electron chi connectivity index (χ0n) is 14.4. The van der Waals surface area contributed by atoms with E-state index in [1.807, 2.05) is 0 Å². The molecule has 21 heavy (non-hydrogen) atoms. The van der Waals surface area contributed by atoms with Gasteiger partial charge in [-0.3, -0.25) is 0 Å². The SMILES string of the molecule is Cc1c[c-](C)c(C)c1C.Cc1c[c-](C)c(C)c1C.[Cl-].[Cl-].[U+4]. The number of hydrogen-bond donors (Lipinski definition) is 0. The van der Waals surface area contributed by atoms with Crippen LogP contribution >= 0.6 is 0 Å². The standard InChI is InChI=1S/2C9H13.2ClH.U/c2*1-6-5-7(2)9(4)8(6)3;;;/h2*5H,1-4H3;2*1H;/q2*-1;;;+4/p-2. The Morgan fingerprint density at radius 3 is 0.905 bits per heavy atom. The third-order valence-corrected chi connectivity index (χ3v) is 4.36. The van der Waals surface area contributed by atoms with Gasteiger partial charge >= 0.3 is 31.1 Å². The third-order valence-electron chi connectivity index (χ3n) is 4.36. The summed E-state index contributed by atoms with van der Waals surface area (Å²) in [5.74, 6) is 0. The van der Waals surface area contributed by atoms with Crippen molar-refractivity contribution in [3.63, 3.8) is 0 Å². The van der Waals surface area contributed by atoms with E-state index in [1.165, 1.54) is 44.5 Å². The van der Waals surface area contributed by atoms with E-state index in [0.29, 0.717) is 0 Å². The molecule has 2 aromatic carbocycles. The number of aryl methyl sites for hydroxylation is 4. The third kappa shape index (κ3) is 6.54. The molecule has 116 valence electrons. The molecule has 0 unspecified atom stereocenters. The van der Waals surface area contributed by atoms with Crippen molar-refractivity contribution < 1.29 is 55.9 Å². The van der Waals surface area contributed by atoms with Gasteiger partial charge in [-0.05, 0) is 0 Å². The second-order valence-electron chi connectivity index (χ2n) is 5.52. The molecule has 0 aliphatic rings. The van der Waals surface area contributed by atoms with E-state index in [9.17, 15) is 0 Å². The van der Waals surface area contributed by atoms with Crippen LogP contribution < -0.4 is 24.8 Å². The number of hydrogen-bond acceptors (Lipinski definition) is 0. The van der Waals surface area contributed by atoms with Crippen molar-refractivity contribution in [3.8, 4) is 0 Å². The van der Waals surface area contributed by atoms with Gasteiger partial charge in [-0.15, -0.1) is 0 Å². The second kappa shape index (κ2) is 11.0. The fraction of sp³-hybridized carbons (Fsp3) is 0.444. The summed E-state index contributed by atoms with van der Waals surface area (Å²) in [5, 5.41) is 0. The van der Waals surface area contributed by atoms with E-state index in [-0.39, 0.29) is 55.9 Å². The number of rotatable bonds is 0. The summed E-state index contributed by atoms with van der Waals surface area (Å²) in [6, 6.07) is 4.48. The Hall–Kier alpha value is 0.332. The van der Waals surface area contributed by atoms with Crippen LogP contribution in [0.25, 0.3) is 0 Å². The molecule has 0 radical (unpaired) electrons. The van der Waals surface area contributed by atoms with Crippen molar-refractivity contribution in [1.82, 2.24) is 0 Å². The van der Waals surface area contributed by atoms with Crippen LogP contribution in [0.4, 0.5) is 0 Å². The number of halogens is 2. The van der Waals surface area contributed by atoms with Crippen molar-refractivity contribution in [1.29, 1.82) is 0 Å². The maximum Gasteiger partial charge on any atom is 4.00 e. The monoisotopic (exact) mass is 550 g/mol. The molecule has 0 heterocycles. The summed E-state index contributed by atoms with van der Waals surface area (Å²) >= 11 is 0. The second-order valence-corrected chi connectivity index (χ2v) is 5.52. The first-order valence-corrected chi connectivity index (χ1v) is 6.65. The molecule has 0 nitrogen and oxygen atoms in total. The first kappa shape index (κ1) is 26.2. The van der Waals surface area contributed by atoms with Crippen molar-refractivity contribution in [2.24, 2.45) is 0 Å². The summed E-state index contributed by atoms with van der Waals surface area (Å²) in [6.07, 6.45) is 0. The molecule has 0 bridgehead atoms. The van der Waals surface area contributed by atoms with Crippen LogP contribution in [0.3, 0.4) is 0 Å². The van der Waals surface area contributed by atoms with E-state index >= 15 is 0 Å². The zero-order chi connectivity index (χ0) is 14.0. The molecule has 0 amide bonds. The Labute approximate surface area is 167 Å². The molecule has 2 aromatic rings. The van der Waals surface area contributed by atoms with E-state index in [0.717, 1.165) is 0 Å². The molecule has 0 aliphatic heterocycles. The fourth-order valence-corrected chi connectivity index (χ4v) is 2.27. The fourth-order valence-electron chi connectivity index (χ4n) is 2.27. The Morgan fingerprint density at radius 1 is 0.619 bits per heavy atom. The van der Waals surface area contributed by atoms with Gasteiger partial charge in [0.15, 0.2) is 0 Å². The van der Waals surface area contributed by atoms with E-state index in [1.54, 1.807) is 0 Å². The van der Waals surface area contributed by atoms with Crippen LogP contribution in [0.1, 0.15) is 44.5 Å². The topological polar surface area (TPSA) is 0 Å². The Kier molecular flexibility index (Phi) is 13.7. The largest absolute Gasteiger partial charge is 4.00 e. The first-order chi connectivity index (χ1) is 8.25. The molecule has 0 aliphatic carbocycles. The van der Waals surface area contributed by atoms with Gasteiger partial charge < -0.3 is 24.8 Å². The van der Waals surface area contributed by atoms with Gasteiger partial charge in [-0.2, -0.15) is 56.6 Å². The Morgan fingerprint density at radius 2 is 0.857 bits per heavy atom. The molecule has 0 spiro atoms. The predicted molar refractivity (Wildman–Crippen MR) is 82.0 cm³/mol. The van der Waals surface area contributed by atoms with Crippen molar-refractivity contribution >= 4 is 0 Å². The van der Waals surface area contributed by atoms with E-state index in [2.05, 4.69) is 67.5 Å². The van der Waals surface area contributed by atoms with Crippen molar-refractivity contribution in [2.45, 2.75) is 55.4 Å². The van der Waals surface area contributed by atoms with Crippen LogP contribution in [0, 0.1) is 86.5 Å². The molecule has 0 saturated carbocycles. The normalized spacial score (nSPS) is 8.76. The van der Waals surface area contributed by atoms with Gasteiger partial charge in [-0.25, -0.2) is 0 Å². The van der Waals surface area contributed by atoms with E-state index < -0.39 is 0 Å². The maximum atomic E-state index is 2.24. The molecule has 0 aromatic heterocycles. The Balaban J connectivity index is -0.000000270. The molecule has 0 fully saturated rings. The van der Waals surface area contributed by atoms with Gasteiger partial charge in [0.2, 0.25) is 0 Å². The van der Waals surface area contributed by atoms with Crippen LogP contribution in [0.5, 0.6) is 0 Å². The minimum atomic E-state index is 0. The van der Waals surface area contributed by atoms with Crippen molar-refractivity contribution in [3.05, 3.63) is 56.6 Å². The first-order valence-electron chi connectivity index (χ1n) is 6.65. The molecule has 0 N–H and O–H groups in total. The van der Waals surface area contributed by atoms with Crippen LogP contribution in [-0.4, -0.2) is 0 Å². The summed E-state index contributed by atoms with van der Waals surface area (Å²) in [4.78, 5) is 0. The maximum absolute atomic E-state index is 2.24. The van der Waals surface area contributed by atoms with E-state index in [4.69, 9.17) is 0 Å². The van der Waals surface area contributed by atoms with Gasteiger partial charge in [-0.1, -0.05) is 55.4 Å². The molecule has 2 rings (SSSR count). The van der Waals surface area contributed by atoms with Crippen molar-refractivity contribution in [2.75, 3.05) is 0 Å². The van der Waals surface area contributed by atoms with Gasteiger partial charge in [0.25, 0.3) is 0 Å². The summed E-state index contributed by atoms with van der Waals surface area (Å²) < 4.78 is 0. The smallest absolute Gasteiger partial charge is 1.00 e. The molecular formula is C18H26Cl2U. The van der Waals surface area contributed by atoms with Crippen LogP contribution in [0.15, 0.2) is 12.1 Å². The average molecular weight is 551 g/mol. The molecule has 0 saturated heterocycles. The minimum Gasteiger partial charge on any atom is -1.00 e. The molecule has 3 heteroatoms. The molecule has 0 atom stereocenters. The van der Waals surface area contributed by atoms with Crippen LogP contribution in [0.2, 0.25) is 0 Å². The quantitative estimate of drug-likeness (QED) is 0.380. The van der Waals surface area contributed by atoms with Crippen LogP contribution in [-0.2, 0) is 0 Å². The van der Waals surface area contributed by atoms with Gasteiger partial charge in [0.05, 0.1) is 0 Å². The predicted octanol–water partition coefficient (Wildman–Crippen LogP) is -0.714. The Bertz CT molecular complexity index is 453. The summed E-state index contributed by atoms with van der Waals surface area (Å²) in [5.41, 5.74) is 11.5. The summed E-state index contributed by atoms with van der Waals surface area (Å²) in [6.45, 7) is 17.4. The van der Waals surface area contributed by atoms with Gasteiger partial charge in [0, 0.05) is 0 Å². The molecular weight excluding hydrogens is 525 g/mol. The minimum absolute atomic E-state index is 0.